The molecule has 0 aliphatic carbocycles. The highest BCUT2D eigenvalue weighted by molar-refractivity contribution is 6.00. The Morgan fingerprint density at radius 2 is 2.19 bits per heavy atom. The molecular formula is C22H23N7O3. The van der Waals surface area contributed by atoms with E-state index in [4.69, 9.17) is 4.74 Å². The van der Waals surface area contributed by atoms with Crippen LogP contribution in [0.5, 0.6) is 0 Å². The number of aromatic nitrogens is 4. The third-order valence-corrected chi connectivity index (χ3v) is 4.83. The minimum absolute atomic E-state index is 0.201. The number of nitrogens with one attached hydrogen (secondary N) is 1. The number of carbonyl (C=O) groups excluding carboxylic acids is 2. The number of amides is 2. The van der Waals surface area contributed by atoms with E-state index in [2.05, 4.69) is 26.5 Å². The number of nitriles is 1. The number of aldehydes is 1. The number of carbonyl (C=O) groups is 2. The largest absolute Gasteiger partial charge is 0.385 e. The lowest BCUT2D eigenvalue weighted by molar-refractivity contribution is 0.111. The number of pyridine rings is 2. The Labute approximate surface area is 185 Å². The highest BCUT2D eigenvalue weighted by Gasteiger charge is 2.17. The van der Waals surface area contributed by atoms with Crippen LogP contribution in [0.25, 0.3) is 11.1 Å². The number of ether oxygens (including phenoxy) is 1. The monoisotopic (exact) mass is 433 g/mol. The summed E-state index contributed by atoms with van der Waals surface area (Å²) in [5.74, 6) is 0.613. The quantitative estimate of drug-likeness (QED) is 0.427. The highest BCUT2D eigenvalue weighted by Crippen LogP contribution is 2.24. The fraction of sp³-hybridized carbons (Fsp3) is 0.273. The topological polar surface area (TPSA) is 126 Å². The summed E-state index contributed by atoms with van der Waals surface area (Å²) >= 11 is 0. The second-order valence-electron chi connectivity index (χ2n) is 7.05. The second-order valence-corrected chi connectivity index (χ2v) is 7.05. The fourth-order valence-corrected chi connectivity index (χ4v) is 3.12. The summed E-state index contributed by atoms with van der Waals surface area (Å²) in [6, 6.07) is 6.68. The van der Waals surface area contributed by atoms with Crippen LogP contribution in [0.1, 0.15) is 28.0 Å². The van der Waals surface area contributed by atoms with E-state index in [1.807, 2.05) is 0 Å². The molecule has 3 aromatic rings. The Bertz CT molecular complexity index is 1170. The van der Waals surface area contributed by atoms with E-state index in [1.165, 1.54) is 11.1 Å². The predicted molar refractivity (Wildman–Crippen MR) is 118 cm³/mol. The van der Waals surface area contributed by atoms with Crippen LogP contribution in [0.3, 0.4) is 0 Å². The van der Waals surface area contributed by atoms with Crippen LogP contribution in [0.15, 0.2) is 36.8 Å². The summed E-state index contributed by atoms with van der Waals surface area (Å²) < 4.78 is 6.69. The van der Waals surface area contributed by atoms with Gasteiger partial charge in [0.1, 0.15) is 23.4 Å². The zero-order chi connectivity index (χ0) is 23.1. The summed E-state index contributed by atoms with van der Waals surface area (Å²) in [6.45, 7) is 0.567. The summed E-state index contributed by atoms with van der Waals surface area (Å²) in [7, 11) is 4.94. The lowest BCUT2D eigenvalue weighted by Gasteiger charge is -2.18. The molecule has 32 heavy (non-hydrogen) atoms. The number of hydrogen-bond acceptors (Lipinski definition) is 7. The number of hydrogen-bond donors (Lipinski definition) is 1. The van der Waals surface area contributed by atoms with Gasteiger partial charge in [-0.05, 0) is 36.6 Å². The lowest BCUT2D eigenvalue weighted by Crippen LogP contribution is -2.32. The summed E-state index contributed by atoms with van der Waals surface area (Å²) in [5.41, 5.74) is 2.81. The summed E-state index contributed by atoms with van der Waals surface area (Å²) in [4.78, 5) is 34.1. The molecule has 0 atom stereocenters. The van der Waals surface area contributed by atoms with Crippen molar-refractivity contribution in [3.8, 4) is 17.2 Å². The molecule has 0 radical (unpaired) electrons. The van der Waals surface area contributed by atoms with Crippen LogP contribution >= 0.6 is 0 Å². The van der Waals surface area contributed by atoms with E-state index in [1.54, 1.807) is 56.5 Å². The maximum absolute atomic E-state index is 12.7. The van der Waals surface area contributed by atoms with Gasteiger partial charge >= 0.3 is 6.03 Å². The van der Waals surface area contributed by atoms with Crippen molar-refractivity contribution in [2.24, 2.45) is 7.05 Å². The fourth-order valence-electron chi connectivity index (χ4n) is 3.12. The Balaban J connectivity index is 1.78. The standard InChI is InChI=1S/C22H23N7O3/c1-28-13-17(12-25-28)18-6-7-21(26-19(18)14-30)29(2)22(31)27-20-9-15(5-4-8-32-3)16(10-23)11-24-20/h6-7,9,11-14H,4-5,8H2,1-3H3,(H,24,27,31). The maximum Gasteiger partial charge on any atom is 0.328 e. The van der Waals surface area contributed by atoms with Crippen molar-refractivity contribution >= 4 is 24.0 Å². The average Bonchev–Trinajstić information content (AvgIpc) is 3.24. The molecule has 1 N–H and O–H groups in total. The van der Waals surface area contributed by atoms with Gasteiger partial charge in [0, 0.05) is 51.3 Å². The van der Waals surface area contributed by atoms with Gasteiger partial charge in [-0.3, -0.25) is 19.7 Å². The van der Waals surface area contributed by atoms with Crippen LogP contribution in [0, 0.1) is 11.3 Å². The third-order valence-electron chi connectivity index (χ3n) is 4.83. The number of anilines is 2. The first-order valence-electron chi connectivity index (χ1n) is 9.84. The average molecular weight is 433 g/mol. The van der Waals surface area contributed by atoms with Crippen LogP contribution in [0.4, 0.5) is 16.4 Å². The molecule has 164 valence electrons. The predicted octanol–water partition coefficient (Wildman–Crippen LogP) is 2.81. The molecule has 2 amide bonds. The minimum atomic E-state index is -0.483. The summed E-state index contributed by atoms with van der Waals surface area (Å²) in [5, 5.41) is 16.1. The Hall–Kier alpha value is -4.10. The number of methoxy groups -OCH3 is 1. The van der Waals surface area contributed by atoms with E-state index >= 15 is 0 Å². The van der Waals surface area contributed by atoms with Gasteiger partial charge in [0.05, 0.1) is 11.8 Å². The lowest BCUT2D eigenvalue weighted by atomic mass is 10.1. The smallest absolute Gasteiger partial charge is 0.328 e. The first-order valence-corrected chi connectivity index (χ1v) is 9.84. The molecule has 0 aliphatic rings. The summed E-state index contributed by atoms with van der Waals surface area (Å²) in [6.07, 6.45) is 6.86. The molecule has 0 aliphatic heterocycles. The Kier molecular flexibility index (Phi) is 7.25. The SMILES string of the molecule is COCCCc1cc(NC(=O)N(C)c2ccc(-c3cnn(C)c3)c(C=O)n2)ncc1C#N. The molecule has 0 bridgehead atoms. The normalized spacial score (nSPS) is 10.4. The van der Waals surface area contributed by atoms with Crippen LogP contribution in [0.2, 0.25) is 0 Å². The van der Waals surface area contributed by atoms with Crippen LogP contribution in [-0.4, -0.2) is 52.8 Å². The van der Waals surface area contributed by atoms with Crippen molar-refractivity contribution < 1.29 is 14.3 Å². The zero-order valence-electron chi connectivity index (χ0n) is 18.1. The molecule has 0 fully saturated rings. The highest BCUT2D eigenvalue weighted by atomic mass is 16.5. The maximum atomic E-state index is 12.7. The van der Waals surface area contributed by atoms with Gasteiger partial charge in [0.15, 0.2) is 6.29 Å². The molecule has 0 saturated carbocycles. The number of rotatable bonds is 8. The first kappa shape index (κ1) is 22.6. The molecule has 10 heteroatoms. The van der Waals surface area contributed by atoms with Crippen molar-refractivity contribution in [1.29, 1.82) is 5.26 Å². The van der Waals surface area contributed by atoms with Crippen molar-refractivity contribution in [2.45, 2.75) is 12.8 Å². The molecule has 0 spiro atoms. The van der Waals surface area contributed by atoms with Crippen molar-refractivity contribution in [3.63, 3.8) is 0 Å². The van der Waals surface area contributed by atoms with Gasteiger partial charge < -0.3 is 4.74 Å². The van der Waals surface area contributed by atoms with Gasteiger partial charge in [-0.15, -0.1) is 0 Å². The first-order chi connectivity index (χ1) is 15.5. The number of urea groups is 1. The van der Waals surface area contributed by atoms with E-state index in [-0.39, 0.29) is 5.69 Å². The van der Waals surface area contributed by atoms with Crippen molar-refractivity contribution in [3.05, 3.63) is 53.6 Å². The molecule has 0 saturated heterocycles. The Morgan fingerprint density at radius 1 is 1.38 bits per heavy atom. The van der Waals surface area contributed by atoms with E-state index in [9.17, 15) is 14.9 Å². The molecule has 3 rings (SSSR count). The molecule has 10 nitrogen and oxygen atoms in total. The third kappa shape index (κ3) is 5.14. The van der Waals surface area contributed by atoms with E-state index in [0.29, 0.717) is 42.1 Å². The van der Waals surface area contributed by atoms with Gasteiger partial charge in [-0.25, -0.2) is 14.8 Å². The van der Waals surface area contributed by atoms with Gasteiger partial charge in [-0.1, -0.05) is 0 Å². The minimum Gasteiger partial charge on any atom is -0.385 e. The van der Waals surface area contributed by atoms with Crippen molar-refractivity contribution in [1.82, 2.24) is 19.7 Å². The van der Waals surface area contributed by atoms with Crippen LogP contribution in [-0.2, 0) is 18.2 Å². The molecular weight excluding hydrogens is 410 g/mol. The van der Waals surface area contributed by atoms with Gasteiger partial charge in [0.2, 0.25) is 0 Å². The zero-order valence-corrected chi connectivity index (χ0v) is 18.1. The molecule has 3 aromatic heterocycles. The van der Waals surface area contributed by atoms with Crippen LogP contribution < -0.4 is 10.2 Å². The number of nitrogens with zero attached hydrogens (tertiary/aromatic N) is 6. The molecule has 0 aromatic carbocycles. The molecule has 3 heterocycles. The van der Waals surface area contributed by atoms with Gasteiger partial charge in [0.25, 0.3) is 0 Å². The Morgan fingerprint density at radius 3 is 2.84 bits per heavy atom. The number of aryl methyl sites for hydroxylation is 2. The van der Waals surface area contributed by atoms with Crippen molar-refractivity contribution in [2.75, 3.05) is 31.0 Å². The van der Waals surface area contributed by atoms with Gasteiger partial charge in [-0.2, -0.15) is 10.4 Å². The van der Waals surface area contributed by atoms with E-state index < -0.39 is 6.03 Å². The second kappa shape index (κ2) is 10.3. The molecule has 0 unspecified atom stereocenters. The van der Waals surface area contributed by atoms with E-state index in [0.717, 1.165) is 17.5 Å².